The smallest absolute Gasteiger partial charge is 0.0371 e. The molecule has 0 saturated carbocycles. The molecule has 3 heteroatoms. The Morgan fingerprint density at radius 2 is 1.65 bits per heavy atom. The number of aromatic nitrogens is 1. The average Bonchev–Trinajstić information content (AvgIpc) is 2.83. The van der Waals surface area contributed by atoms with E-state index in [0.29, 0.717) is 0 Å². The molecule has 0 spiro atoms. The molecule has 2 bridgehead atoms. The molecule has 0 aliphatic carbocycles. The first kappa shape index (κ1) is 14.7. The van der Waals surface area contributed by atoms with Crippen molar-refractivity contribution >= 4 is 5.69 Å². The summed E-state index contributed by atoms with van der Waals surface area (Å²) in [6, 6.07) is 16.6. The van der Waals surface area contributed by atoms with E-state index in [1.54, 1.807) is 0 Å². The molecule has 2 aliphatic rings. The number of hydrogen-bond acceptors (Lipinski definition) is 3. The van der Waals surface area contributed by atoms with Gasteiger partial charge in [0.1, 0.15) is 0 Å². The summed E-state index contributed by atoms with van der Waals surface area (Å²) in [7, 11) is 0. The van der Waals surface area contributed by atoms with E-state index in [1.807, 2.05) is 12.4 Å². The summed E-state index contributed by atoms with van der Waals surface area (Å²) in [6.07, 6.45) is 9.14. The third-order valence-electron chi connectivity index (χ3n) is 5.47. The molecule has 1 aromatic carbocycles. The van der Waals surface area contributed by atoms with Gasteiger partial charge in [-0.2, -0.15) is 0 Å². The van der Waals surface area contributed by atoms with Crippen LogP contribution in [0.4, 0.5) is 5.69 Å². The zero-order valence-electron chi connectivity index (χ0n) is 13.6. The Labute approximate surface area is 138 Å². The Kier molecular flexibility index (Phi) is 4.29. The second-order valence-corrected chi connectivity index (χ2v) is 7.00. The predicted octanol–water partition coefficient (Wildman–Crippen LogP) is 3.94. The van der Waals surface area contributed by atoms with Gasteiger partial charge in [0, 0.05) is 43.3 Å². The number of rotatable bonds is 5. The number of hydrogen-bond donors (Lipinski definition) is 1. The SMILES string of the molecule is c1ccc(CN2[C@@H]3CC[C@H]2C[C@H](CNc2ccncc2)C3)cc1. The van der Waals surface area contributed by atoms with Crippen LogP contribution in [-0.4, -0.2) is 28.5 Å². The van der Waals surface area contributed by atoms with Crippen LogP contribution in [0, 0.1) is 5.92 Å². The quantitative estimate of drug-likeness (QED) is 0.907. The van der Waals surface area contributed by atoms with Crippen molar-refractivity contribution in [3.05, 3.63) is 60.4 Å². The van der Waals surface area contributed by atoms with Crippen molar-refractivity contribution in [2.45, 2.75) is 44.3 Å². The number of benzene rings is 1. The van der Waals surface area contributed by atoms with Gasteiger partial charge in [-0.15, -0.1) is 0 Å². The Balaban J connectivity index is 1.34. The normalized spacial score (nSPS) is 27.0. The van der Waals surface area contributed by atoms with Crippen molar-refractivity contribution in [3.8, 4) is 0 Å². The van der Waals surface area contributed by atoms with E-state index in [-0.39, 0.29) is 0 Å². The third kappa shape index (κ3) is 3.40. The zero-order chi connectivity index (χ0) is 15.5. The van der Waals surface area contributed by atoms with Gasteiger partial charge in [-0.25, -0.2) is 0 Å². The monoisotopic (exact) mass is 307 g/mol. The number of fused-ring (bicyclic) bond motifs is 2. The van der Waals surface area contributed by atoms with E-state index in [9.17, 15) is 0 Å². The minimum atomic E-state index is 0.776. The molecule has 23 heavy (non-hydrogen) atoms. The van der Waals surface area contributed by atoms with Gasteiger partial charge in [0.15, 0.2) is 0 Å². The number of piperidine rings is 1. The second kappa shape index (κ2) is 6.71. The van der Waals surface area contributed by atoms with Crippen molar-refractivity contribution in [1.82, 2.24) is 9.88 Å². The summed E-state index contributed by atoms with van der Waals surface area (Å²) in [5.74, 6) is 0.799. The molecule has 2 fully saturated rings. The maximum absolute atomic E-state index is 4.08. The lowest BCUT2D eigenvalue weighted by Crippen LogP contribution is -2.43. The lowest BCUT2D eigenvalue weighted by atomic mass is 9.90. The highest BCUT2D eigenvalue weighted by molar-refractivity contribution is 5.40. The number of pyridine rings is 1. The highest BCUT2D eigenvalue weighted by Crippen LogP contribution is 2.39. The standard InChI is InChI=1S/C20H25N3/c1-2-4-16(5-3-1)15-23-19-6-7-20(23)13-17(12-19)14-22-18-8-10-21-11-9-18/h1-5,8-11,17,19-20H,6-7,12-15H2,(H,21,22)/t17-,19-,20+. The van der Waals surface area contributed by atoms with Gasteiger partial charge in [0.25, 0.3) is 0 Å². The van der Waals surface area contributed by atoms with Crippen LogP contribution in [-0.2, 0) is 6.54 Å². The molecule has 1 N–H and O–H groups in total. The van der Waals surface area contributed by atoms with E-state index in [1.165, 1.54) is 36.9 Å². The van der Waals surface area contributed by atoms with Crippen LogP contribution in [0.3, 0.4) is 0 Å². The third-order valence-corrected chi connectivity index (χ3v) is 5.47. The molecule has 1 aromatic heterocycles. The Bertz CT molecular complexity index is 599. The lowest BCUT2D eigenvalue weighted by molar-refractivity contribution is 0.100. The molecule has 2 aromatic rings. The molecule has 3 heterocycles. The van der Waals surface area contributed by atoms with E-state index in [4.69, 9.17) is 0 Å². The minimum absolute atomic E-state index is 0.776. The molecular weight excluding hydrogens is 282 g/mol. The van der Waals surface area contributed by atoms with Crippen LogP contribution in [0.15, 0.2) is 54.9 Å². The summed E-state index contributed by atoms with van der Waals surface area (Å²) in [6.45, 7) is 2.22. The fourth-order valence-corrected chi connectivity index (χ4v) is 4.34. The first-order valence-electron chi connectivity index (χ1n) is 8.82. The second-order valence-electron chi connectivity index (χ2n) is 7.00. The van der Waals surface area contributed by atoms with Crippen molar-refractivity contribution in [1.29, 1.82) is 0 Å². The van der Waals surface area contributed by atoms with E-state index in [0.717, 1.165) is 31.1 Å². The van der Waals surface area contributed by atoms with Crippen LogP contribution in [0.25, 0.3) is 0 Å². The summed E-state index contributed by atoms with van der Waals surface area (Å²) >= 11 is 0. The van der Waals surface area contributed by atoms with Crippen molar-refractivity contribution in [2.75, 3.05) is 11.9 Å². The Morgan fingerprint density at radius 1 is 0.957 bits per heavy atom. The first-order chi connectivity index (χ1) is 11.4. The number of nitrogens with zero attached hydrogens (tertiary/aromatic N) is 2. The highest BCUT2D eigenvalue weighted by atomic mass is 15.2. The van der Waals surface area contributed by atoms with E-state index in [2.05, 4.69) is 57.7 Å². The van der Waals surface area contributed by atoms with E-state index < -0.39 is 0 Å². The zero-order valence-corrected chi connectivity index (χ0v) is 13.6. The highest BCUT2D eigenvalue weighted by Gasteiger charge is 2.40. The van der Waals surface area contributed by atoms with Gasteiger partial charge < -0.3 is 5.32 Å². The largest absolute Gasteiger partial charge is 0.385 e. The molecule has 0 radical (unpaired) electrons. The number of anilines is 1. The summed E-state index contributed by atoms with van der Waals surface area (Å²) in [5, 5.41) is 3.59. The number of nitrogens with one attached hydrogen (secondary N) is 1. The molecule has 3 nitrogen and oxygen atoms in total. The lowest BCUT2D eigenvalue weighted by Gasteiger charge is -2.39. The van der Waals surface area contributed by atoms with Gasteiger partial charge in [-0.3, -0.25) is 9.88 Å². The Hall–Kier alpha value is -1.87. The Morgan fingerprint density at radius 3 is 2.35 bits per heavy atom. The molecule has 0 amide bonds. The molecule has 0 unspecified atom stereocenters. The molecular formula is C20H25N3. The van der Waals surface area contributed by atoms with Crippen molar-refractivity contribution in [3.63, 3.8) is 0 Å². The minimum Gasteiger partial charge on any atom is -0.385 e. The molecule has 2 aliphatic heterocycles. The average molecular weight is 307 g/mol. The van der Waals surface area contributed by atoms with Crippen LogP contribution in [0.1, 0.15) is 31.2 Å². The summed E-state index contributed by atoms with van der Waals surface area (Å²) in [4.78, 5) is 6.84. The predicted molar refractivity (Wildman–Crippen MR) is 94.2 cm³/mol. The van der Waals surface area contributed by atoms with Crippen LogP contribution in [0.2, 0.25) is 0 Å². The van der Waals surface area contributed by atoms with Gasteiger partial charge in [0.2, 0.25) is 0 Å². The van der Waals surface area contributed by atoms with Crippen LogP contribution >= 0.6 is 0 Å². The van der Waals surface area contributed by atoms with E-state index >= 15 is 0 Å². The van der Waals surface area contributed by atoms with Gasteiger partial charge >= 0.3 is 0 Å². The maximum Gasteiger partial charge on any atom is 0.0371 e. The molecule has 2 saturated heterocycles. The molecule has 120 valence electrons. The van der Waals surface area contributed by atoms with Gasteiger partial charge in [-0.1, -0.05) is 30.3 Å². The van der Waals surface area contributed by atoms with Crippen molar-refractivity contribution < 1.29 is 0 Å². The topological polar surface area (TPSA) is 28.2 Å². The fraction of sp³-hybridized carbons (Fsp3) is 0.450. The maximum atomic E-state index is 4.08. The van der Waals surface area contributed by atoms with Crippen LogP contribution < -0.4 is 5.32 Å². The van der Waals surface area contributed by atoms with Gasteiger partial charge in [-0.05, 0) is 49.3 Å². The van der Waals surface area contributed by atoms with Crippen LogP contribution in [0.5, 0.6) is 0 Å². The summed E-state index contributed by atoms with van der Waals surface area (Å²) in [5.41, 5.74) is 2.65. The molecule has 3 atom stereocenters. The van der Waals surface area contributed by atoms with Crippen molar-refractivity contribution in [2.24, 2.45) is 5.92 Å². The molecule has 4 rings (SSSR count). The van der Waals surface area contributed by atoms with Gasteiger partial charge in [0.05, 0.1) is 0 Å². The first-order valence-corrected chi connectivity index (χ1v) is 8.82. The fourth-order valence-electron chi connectivity index (χ4n) is 4.34. The summed E-state index contributed by atoms with van der Waals surface area (Å²) < 4.78 is 0.